The Morgan fingerprint density at radius 1 is 1.32 bits per heavy atom. The molecular formula is C16H20N2O. The van der Waals surface area contributed by atoms with Gasteiger partial charge in [0.05, 0.1) is 5.60 Å². The van der Waals surface area contributed by atoms with E-state index in [9.17, 15) is 0 Å². The highest BCUT2D eigenvalue weighted by Crippen LogP contribution is 2.41. The van der Waals surface area contributed by atoms with E-state index in [1.807, 2.05) is 24.5 Å². The molecule has 0 spiro atoms. The molecule has 1 heterocycles. The predicted molar refractivity (Wildman–Crippen MR) is 76.9 cm³/mol. The van der Waals surface area contributed by atoms with Crippen LogP contribution in [0.25, 0.3) is 10.8 Å². The number of pyridine rings is 1. The van der Waals surface area contributed by atoms with Gasteiger partial charge in [0.15, 0.2) is 0 Å². The quantitative estimate of drug-likeness (QED) is 0.913. The fourth-order valence-corrected chi connectivity index (χ4v) is 3.01. The van der Waals surface area contributed by atoms with Crippen molar-refractivity contribution in [3.05, 3.63) is 42.2 Å². The highest BCUT2D eigenvalue weighted by molar-refractivity contribution is 5.85. The van der Waals surface area contributed by atoms with Gasteiger partial charge in [-0.1, -0.05) is 24.3 Å². The van der Waals surface area contributed by atoms with Crippen LogP contribution in [-0.2, 0) is 4.74 Å². The highest BCUT2D eigenvalue weighted by Gasteiger charge is 2.38. The molecule has 1 aliphatic carbocycles. The van der Waals surface area contributed by atoms with Gasteiger partial charge in [-0.05, 0) is 36.6 Å². The fourth-order valence-electron chi connectivity index (χ4n) is 3.01. The normalized spacial score (nSPS) is 19.1. The highest BCUT2D eigenvalue weighted by atomic mass is 16.5. The molecule has 3 nitrogen and oxygen atoms in total. The SMILES string of the molecule is COC1(CC(N)c2cncc3ccccc23)CCC1. The minimum atomic E-state index is -0.0150. The number of nitrogens with zero attached hydrogens (tertiary/aromatic N) is 1. The van der Waals surface area contributed by atoms with Crippen molar-refractivity contribution >= 4 is 10.8 Å². The van der Waals surface area contributed by atoms with Crippen molar-refractivity contribution in [2.24, 2.45) is 5.73 Å². The summed E-state index contributed by atoms with van der Waals surface area (Å²) >= 11 is 0. The first-order chi connectivity index (χ1) is 9.24. The first-order valence-electron chi connectivity index (χ1n) is 6.87. The molecule has 1 aromatic carbocycles. The third-order valence-electron chi connectivity index (χ3n) is 4.39. The molecule has 1 aliphatic rings. The monoisotopic (exact) mass is 256 g/mol. The number of ether oxygens (including phenoxy) is 1. The number of rotatable bonds is 4. The Labute approximate surface area is 113 Å². The van der Waals surface area contributed by atoms with Gasteiger partial charge < -0.3 is 10.5 Å². The molecule has 0 aliphatic heterocycles. The van der Waals surface area contributed by atoms with E-state index in [1.165, 1.54) is 11.8 Å². The van der Waals surface area contributed by atoms with Crippen LogP contribution in [-0.4, -0.2) is 17.7 Å². The Bertz CT molecular complexity index is 567. The molecule has 0 saturated heterocycles. The maximum Gasteiger partial charge on any atom is 0.0696 e. The average Bonchev–Trinajstić information content (AvgIpc) is 2.42. The van der Waals surface area contributed by atoms with Gasteiger partial charge in [-0.2, -0.15) is 0 Å². The molecule has 0 amide bonds. The predicted octanol–water partition coefficient (Wildman–Crippen LogP) is 3.19. The van der Waals surface area contributed by atoms with Gasteiger partial charge >= 0.3 is 0 Å². The van der Waals surface area contributed by atoms with Crippen molar-refractivity contribution in [1.29, 1.82) is 0 Å². The van der Waals surface area contributed by atoms with Crippen molar-refractivity contribution in [3.8, 4) is 0 Å². The zero-order chi connectivity index (χ0) is 13.3. The van der Waals surface area contributed by atoms with E-state index in [-0.39, 0.29) is 11.6 Å². The number of aromatic nitrogens is 1. The zero-order valence-corrected chi connectivity index (χ0v) is 11.3. The smallest absolute Gasteiger partial charge is 0.0696 e. The molecule has 2 N–H and O–H groups in total. The minimum Gasteiger partial charge on any atom is -0.378 e. The van der Waals surface area contributed by atoms with Crippen LogP contribution in [0.2, 0.25) is 0 Å². The van der Waals surface area contributed by atoms with Crippen LogP contribution in [0.4, 0.5) is 0 Å². The van der Waals surface area contributed by atoms with Crippen LogP contribution in [0.15, 0.2) is 36.7 Å². The molecule has 3 rings (SSSR count). The maximum atomic E-state index is 6.41. The number of nitrogens with two attached hydrogens (primary N) is 1. The summed E-state index contributed by atoms with van der Waals surface area (Å²) in [6, 6.07) is 8.26. The van der Waals surface area contributed by atoms with E-state index in [1.54, 1.807) is 7.11 Å². The Kier molecular flexibility index (Phi) is 3.25. The Morgan fingerprint density at radius 3 is 2.79 bits per heavy atom. The summed E-state index contributed by atoms with van der Waals surface area (Å²) in [6.07, 6.45) is 8.15. The first kappa shape index (κ1) is 12.6. The van der Waals surface area contributed by atoms with Crippen molar-refractivity contribution in [2.75, 3.05) is 7.11 Å². The summed E-state index contributed by atoms with van der Waals surface area (Å²) in [5, 5.41) is 2.35. The van der Waals surface area contributed by atoms with Crippen LogP contribution in [0, 0.1) is 0 Å². The van der Waals surface area contributed by atoms with E-state index < -0.39 is 0 Å². The number of hydrogen-bond acceptors (Lipinski definition) is 3. The lowest BCUT2D eigenvalue weighted by atomic mass is 9.74. The second kappa shape index (κ2) is 4.91. The van der Waals surface area contributed by atoms with E-state index in [4.69, 9.17) is 10.5 Å². The topological polar surface area (TPSA) is 48.1 Å². The molecular weight excluding hydrogens is 236 g/mol. The van der Waals surface area contributed by atoms with Gasteiger partial charge in [-0.3, -0.25) is 4.98 Å². The molecule has 1 fully saturated rings. The van der Waals surface area contributed by atoms with E-state index >= 15 is 0 Å². The molecule has 1 atom stereocenters. The van der Waals surface area contributed by atoms with Crippen LogP contribution >= 0.6 is 0 Å². The van der Waals surface area contributed by atoms with Gasteiger partial charge in [0.2, 0.25) is 0 Å². The van der Waals surface area contributed by atoms with Crippen LogP contribution < -0.4 is 5.73 Å². The molecule has 3 heteroatoms. The number of methoxy groups -OCH3 is 1. The second-order valence-corrected chi connectivity index (χ2v) is 5.50. The third-order valence-corrected chi connectivity index (χ3v) is 4.39. The second-order valence-electron chi connectivity index (χ2n) is 5.50. The van der Waals surface area contributed by atoms with Gasteiger partial charge in [-0.25, -0.2) is 0 Å². The zero-order valence-electron chi connectivity index (χ0n) is 11.3. The third kappa shape index (κ3) is 2.24. The molecule has 2 aromatic rings. The van der Waals surface area contributed by atoms with E-state index in [2.05, 4.69) is 17.1 Å². The first-order valence-corrected chi connectivity index (χ1v) is 6.87. The Balaban J connectivity index is 1.91. The summed E-state index contributed by atoms with van der Waals surface area (Å²) < 4.78 is 5.68. The van der Waals surface area contributed by atoms with Gasteiger partial charge in [0, 0.05) is 30.9 Å². The molecule has 19 heavy (non-hydrogen) atoms. The van der Waals surface area contributed by atoms with Crippen LogP contribution in [0.1, 0.15) is 37.3 Å². The minimum absolute atomic E-state index is 0.00361. The van der Waals surface area contributed by atoms with Crippen molar-refractivity contribution in [2.45, 2.75) is 37.3 Å². The standard InChI is InChI=1S/C16H20N2O/c1-19-16(7-4-8-16)9-15(17)14-11-18-10-12-5-2-3-6-13(12)14/h2-3,5-6,10-11,15H,4,7-9,17H2,1H3. The molecule has 1 saturated carbocycles. The van der Waals surface area contributed by atoms with Crippen LogP contribution in [0.3, 0.4) is 0 Å². The van der Waals surface area contributed by atoms with Gasteiger partial charge in [0.1, 0.15) is 0 Å². The summed E-state index contributed by atoms with van der Waals surface area (Å²) in [6.45, 7) is 0. The van der Waals surface area contributed by atoms with E-state index in [0.717, 1.165) is 30.2 Å². The lowest BCUT2D eigenvalue weighted by Crippen LogP contribution is -2.41. The molecule has 1 aromatic heterocycles. The lowest BCUT2D eigenvalue weighted by molar-refractivity contribution is -0.0816. The summed E-state index contributed by atoms with van der Waals surface area (Å²) in [4.78, 5) is 4.31. The Hall–Kier alpha value is -1.45. The summed E-state index contributed by atoms with van der Waals surface area (Å²) in [5.41, 5.74) is 7.53. The number of benzene rings is 1. The number of hydrogen-bond donors (Lipinski definition) is 1. The fraction of sp³-hybridized carbons (Fsp3) is 0.438. The van der Waals surface area contributed by atoms with Crippen molar-refractivity contribution < 1.29 is 4.74 Å². The molecule has 100 valence electrons. The summed E-state index contributed by atoms with van der Waals surface area (Å²) in [7, 11) is 1.80. The van der Waals surface area contributed by atoms with E-state index in [0.29, 0.717) is 0 Å². The maximum absolute atomic E-state index is 6.41. The largest absolute Gasteiger partial charge is 0.378 e. The van der Waals surface area contributed by atoms with Crippen LogP contribution in [0.5, 0.6) is 0 Å². The molecule has 0 radical (unpaired) electrons. The summed E-state index contributed by atoms with van der Waals surface area (Å²) in [5.74, 6) is 0. The molecule has 1 unspecified atom stereocenters. The van der Waals surface area contributed by atoms with Crippen molar-refractivity contribution in [1.82, 2.24) is 4.98 Å². The molecule has 0 bridgehead atoms. The number of fused-ring (bicyclic) bond motifs is 1. The van der Waals surface area contributed by atoms with Gasteiger partial charge in [-0.15, -0.1) is 0 Å². The van der Waals surface area contributed by atoms with Gasteiger partial charge in [0.25, 0.3) is 0 Å². The average molecular weight is 256 g/mol. The lowest BCUT2D eigenvalue weighted by Gasteiger charge is -2.42. The Morgan fingerprint density at radius 2 is 2.11 bits per heavy atom. The van der Waals surface area contributed by atoms with Crippen molar-refractivity contribution in [3.63, 3.8) is 0 Å².